The molecule has 30 heteroatoms. The SMILES string of the molecule is COc1ccc(C)cc1.COc1ccc(CN(Cc2ccc(OC)cc2)S(=O)(=O)c2c(S(=O)(=O)CC[Si](C)(C)C)ccc(I)c2-c2nn[nH]n2)cc1.COc1ccc(CN(Cc2ccc(OC)cc2)S(=O)(=O)c2c(S(=O)(=O)CC[Si](C)(C)C)ccc(I)c2C2=NN=NC2)cc1. The van der Waals surface area contributed by atoms with E-state index in [1.165, 1.54) is 26.3 Å². The highest BCUT2D eigenvalue weighted by Gasteiger charge is 2.40. The predicted octanol–water partition coefficient (Wildman–Crippen LogP) is 13.0. The molecule has 0 fully saturated rings. The van der Waals surface area contributed by atoms with Crippen molar-refractivity contribution in [2.45, 2.75) is 104 Å². The van der Waals surface area contributed by atoms with E-state index in [1.807, 2.05) is 69.4 Å². The molecule has 7 aromatic carbocycles. The summed E-state index contributed by atoms with van der Waals surface area (Å²) in [5.41, 5.74) is 4.65. The fourth-order valence-electron chi connectivity index (χ4n) is 9.39. The van der Waals surface area contributed by atoms with Crippen LogP contribution in [0.3, 0.4) is 0 Å². The van der Waals surface area contributed by atoms with Crippen LogP contribution in [0.4, 0.5) is 0 Å². The van der Waals surface area contributed by atoms with Crippen molar-refractivity contribution in [3.8, 4) is 40.1 Å². The molecule has 0 unspecified atom stereocenters. The number of nitrogens with zero attached hydrogens (tertiary/aromatic N) is 8. The number of H-pyrrole nitrogens is 1. The maximum Gasteiger partial charge on any atom is 0.245 e. The van der Waals surface area contributed by atoms with Crippen LogP contribution in [0.5, 0.6) is 28.7 Å². The fourth-order valence-corrected chi connectivity index (χ4v) is 24.8. The second-order valence-corrected chi connectivity index (χ2v) is 45.9. The molecule has 1 aliphatic heterocycles. The van der Waals surface area contributed by atoms with E-state index in [-0.39, 0.29) is 80.8 Å². The quantitative estimate of drug-likeness (QED) is 0.0370. The van der Waals surface area contributed by atoms with Crippen molar-refractivity contribution < 1.29 is 57.4 Å². The Labute approximate surface area is 587 Å². The van der Waals surface area contributed by atoms with E-state index in [9.17, 15) is 33.7 Å². The minimum Gasteiger partial charge on any atom is -0.497 e. The van der Waals surface area contributed by atoms with Crippen LogP contribution >= 0.6 is 45.2 Å². The van der Waals surface area contributed by atoms with Gasteiger partial charge in [0.1, 0.15) is 45.1 Å². The number of tetrazole rings is 1. The second-order valence-electron chi connectivity index (χ2n) is 24.4. The summed E-state index contributed by atoms with van der Waals surface area (Å²) in [5, 5.41) is 25.8. The molecule has 0 spiro atoms. The highest BCUT2D eigenvalue weighted by atomic mass is 127. The third kappa shape index (κ3) is 20.8. The summed E-state index contributed by atoms with van der Waals surface area (Å²) in [5.74, 6) is 3.10. The Morgan fingerprint density at radius 1 is 0.463 bits per heavy atom. The highest BCUT2D eigenvalue weighted by molar-refractivity contribution is 14.1. The van der Waals surface area contributed by atoms with Crippen molar-refractivity contribution in [1.82, 2.24) is 29.2 Å². The number of aromatic amines is 1. The zero-order valence-corrected chi connectivity index (χ0v) is 64.6. The monoisotopic (exact) mass is 1630 g/mol. The Hall–Kier alpha value is -6.51. The molecule has 0 radical (unpaired) electrons. The Bertz CT molecular complexity index is 4340. The number of aromatic nitrogens is 4. The molecule has 0 atom stereocenters. The molecule has 8 aromatic rings. The maximum absolute atomic E-state index is 14.9. The van der Waals surface area contributed by atoms with Crippen molar-refractivity contribution in [2.75, 3.05) is 53.6 Å². The van der Waals surface area contributed by atoms with E-state index in [2.05, 4.69) is 82.3 Å². The molecule has 9 rings (SSSR count). The van der Waals surface area contributed by atoms with Crippen LogP contribution in [0.15, 0.2) is 181 Å². The van der Waals surface area contributed by atoms with Crippen molar-refractivity contribution in [3.05, 3.63) is 186 Å². The molecule has 22 nitrogen and oxygen atoms in total. The summed E-state index contributed by atoms with van der Waals surface area (Å²) in [6.07, 6.45) is 0. The normalized spacial score (nSPS) is 12.7. The van der Waals surface area contributed by atoms with Gasteiger partial charge < -0.3 is 23.7 Å². The summed E-state index contributed by atoms with van der Waals surface area (Å²) in [6.45, 7) is 14.5. The molecular weight excluding hydrogens is 1550 g/mol. The molecule has 508 valence electrons. The molecular formula is C65H79I2N9O13S4Si2. The van der Waals surface area contributed by atoms with E-state index in [1.54, 1.807) is 145 Å². The number of aryl methyl sites for hydroxylation is 1. The summed E-state index contributed by atoms with van der Waals surface area (Å²) in [4.78, 5) is -1.16. The van der Waals surface area contributed by atoms with E-state index < -0.39 is 55.9 Å². The van der Waals surface area contributed by atoms with Crippen LogP contribution in [0.2, 0.25) is 51.4 Å². The first kappa shape index (κ1) is 75.9. The third-order valence-corrected chi connectivity index (χ3v) is 28.4. The number of sulfone groups is 2. The molecule has 0 saturated carbocycles. The first-order chi connectivity index (χ1) is 44.8. The summed E-state index contributed by atoms with van der Waals surface area (Å²) in [7, 11) is -12.6. The number of benzene rings is 7. The lowest BCUT2D eigenvalue weighted by atomic mass is 10.1. The topological polar surface area (TPSA) is 281 Å². The molecule has 0 bridgehead atoms. The Kier molecular flexibility index (Phi) is 26.5. The summed E-state index contributed by atoms with van der Waals surface area (Å²) in [6, 6.07) is 43.1. The molecule has 0 amide bonds. The second kappa shape index (κ2) is 33.2. The van der Waals surface area contributed by atoms with Gasteiger partial charge in [-0.25, -0.2) is 33.7 Å². The minimum atomic E-state index is -4.50. The number of hydrogen-bond donors (Lipinski definition) is 1. The van der Waals surface area contributed by atoms with Gasteiger partial charge in [0.25, 0.3) is 0 Å². The number of ether oxygens (including phenoxy) is 5. The largest absolute Gasteiger partial charge is 0.497 e. The summed E-state index contributed by atoms with van der Waals surface area (Å²) >= 11 is 3.99. The maximum atomic E-state index is 14.9. The fraction of sp³-hybridized carbons (Fsp3) is 0.323. The lowest BCUT2D eigenvalue weighted by Gasteiger charge is -2.26. The number of halogens is 2. The number of methoxy groups -OCH3 is 5. The van der Waals surface area contributed by atoms with Gasteiger partial charge in [-0.2, -0.15) is 18.9 Å². The van der Waals surface area contributed by atoms with Crippen molar-refractivity contribution >= 4 is 107 Å². The van der Waals surface area contributed by atoms with Gasteiger partial charge in [0.2, 0.25) is 25.9 Å². The third-order valence-electron chi connectivity index (χ3n) is 14.9. The van der Waals surface area contributed by atoms with E-state index in [0.29, 0.717) is 70.2 Å². The average molecular weight is 1630 g/mol. The summed E-state index contributed by atoms with van der Waals surface area (Å²) < 4.78 is 145. The standard InChI is InChI=1S/C29H35IN4O6S2Si.C28H34IN5O6S2Si.C8H10O/c1-39-23-10-6-21(7-11-23)19-34(20-22-8-12-24(40-2)13-9-22)42(37,38)29-27(41(35,36)16-17-43(3,4)5)15-14-25(30)28(29)26-18-31-33-32-26;1-39-22-10-6-20(7-11-22)18-34(19-21-8-12-23(40-2)13-9-21)42(37,38)27-25(41(35,36)16-17-43(3,4)5)15-14-24(29)26(27)28-30-32-33-31-28;1-7-3-5-8(9-2)6-4-7/h6-15H,16-20H2,1-5H3;6-15H,16-19H2,1-5H3,(H,30,31,32,33);3-6H,1-2H3. The molecule has 2 heterocycles. The Morgan fingerprint density at radius 2 is 0.789 bits per heavy atom. The number of rotatable bonds is 27. The van der Waals surface area contributed by atoms with E-state index >= 15 is 0 Å². The predicted molar refractivity (Wildman–Crippen MR) is 391 cm³/mol. The lowest BCUT2D eigenvalue weighted by molar-refractivity contribution is 0.396. The number of nitrogens with one attached hydrogen (secondary N) is 1. The van der Waals surface area contributed by atoms with Crippen LogP contribution < -0.4 is 23.7 Å². The molecule has 1 aromatic heterocycles. The van der Waals surface area contributed by atoms with Crippen LogP contribution in [0, 0.1) is 14.1 Å². The van der Waals surface area contributed by atoms with Crippen molar-refractivity contribution in [1.29, 1.82) is 0 Å². The molecule has 0 aliphatic carbocycles. The lowest BCUT2D eigenvalue weighted by Crippen LogP contribution is -2.33. The van der Waals surface area contributed by atoms with Gasteiger partial charge >= 0.3 is 0 Å². The van der Waals surface area contributed by atoms with Crippen LogP contribution in [0.25, 0.3) is 11.4 Å². The van der Waals surface area contributed by atoms with Gasteiger partial charge in [0.15, 0.2) is 19.7 Å². The first-order valence-electron chi connectivity index (χ1n) is 29.7. The molecule has 95 heavy (non-hydrogen) atoms. The minimum absolute atomic E-state index is 0.0148. The van der Waals surface area contributed by atoms with Crippen molar-refractivity contribution in [3.63, 3.8) is 0 Å². The van der Waals surface area contributed by atoms with Gasteiger partial charge in [0.05, 0.1) is 68.1 Å². The molecule has 1 N–H and O–H groups in total. The van der Waals surface area contributed by atoms with Crippen LogP contribution in [0.1, 0.15) is 33.4 Å². The van der Waals surface area contributed by atoms with Gasteiger partial charge in [-0.1, -0.05) is 106 Å². The van der Waals surface area contributed by atoms with Gasteiger partial charge in [-0.15, -0.1) is 15.3 Å². The van der Waals surface area contributed by atoms with Gasteiger partial charge in [0, 0.05) is 55.0 Å². The Morgan fingerprint density at radius 3 is 1.08 bits per heavy atom. The zero-order chi connectivity index (χ0) is 69.5. The number of hydrogen-bond acceptors (Lipinski definition) is 19. The zero-order valence-electron chi connectivity index (χ0n) is 55.0. The highest BCUT2D eigenvalue weighted by Crippen LogP contribution is 2.40. The Balaban J connectivity index is 0.000000237. The average Bonchev–Trinajstić information content (AvgIpc) is 1.34. The first-order valence-corrected chi connectivity index (χ1v) is 45.5. The van der Waals surface area contributed by atoms with Crippen LogP contribution in [-0.2, 0) is 65.9 Å². The molecule has 0 saturated heterocycles. The molecule has 1 aliphatic rings. The number of sulfonamides is 2. The van der Waals surface area contributed by atoms with E-state index in [0.717, 1.165) is 5.75 Å². The van der Waals surface area contributed by atoms with Gasteiger partial charge in [-0.05, 0) is 182 Å². The van der Waals surface area contributed by atoms with E-state index in [4.69, 9.17) is 23.7 Å². The van der Waals surface area contributed by atoms with Crippen LogP contribution in [-0.4, -0.2) is 138 Å². The van der Waals surface area contributed by atoms with Gasteiger partial charge in [-0.3, -0.25) is 0 Å². The smallest absolute Gasteiger partial charge is 0.245 e. The van der Waals surface area contributed by atoms with Crippen molar-refractivity contribution in [2.24, 2.45) is 15.4 Å².